The number of hydrogen-bond acceptors (Lipinski definition) is 3. The van der Waals surface area contributed by atoms with Crippen LogP contribution in [0.3, 0.4) is 0 Å². The average Bonchev–Trinajstić information content (AvgIpc) is 2.36. The van der Waals surface area contributed by atoms with Crippen molar-refractivity contribution in [1.82, 2.24) is 4.90 Å². The van der Waals surface area contributed by atoms with Crippen molar-refractivity contribution in [2.75, 3.05) is 25.4 Å². The van der Waals surface area contributed by atoms with Gasteiger partial charge in [-0.2, -0.15) is 11.8 Å². The predicted molar refractivity (Wildman–Crippen MR) is 89.1 cm³/mol. The molecule has 1 saturated heterocycles. The second-order valence-electron chi connectivity index (χ2n) is 5.04. The van der Waals surface area contributed by atoms with Gasteiger partial charge in [-0.1, -0.05) is 40.5 Å². The summed E-state index contributed by atoms with van der Waals surface area (Å²) in [4.78, 5) is 2.51. The molecule has 0 aliphatic carbocycles. The second-order valence-corrected chi connectivity index (χ2v) is 7.91. The van der Waals surface area contributed by atoms with Crippen LogP contribution in [0.1, 0.15) is 24.9 Å². The highest BCUT2D eigenvalue weighted by Gasteiger charge is 2.18. The first-order valence-electron chi connectivity index (χ1n) is 6.60. The molecule has 2 N–H and O–H groups in total. The molecule has 0 radical (unpaired) electrons. The summed E-state index contributed by atoms with van der Waals surface area (Å²) in [6.45, 7) is 5.70. The molecule has 2 rings (SSSR count). The van der Waals surface area contributed by atoms with Crippen molar-refractivity contribution >= 4 is 39.3 Å². The van der Waals surface area contributed by atoms with Crippen LogP contribution in [0.4, 0.5) is 0 Å². The molecule has 1 aromatic carbocycles. The molecule has 0 amide bonds. The number of benzene rings is 1. The lowest BCUT2D eigenvalue weighted by Crippen LogP contribution is -2.38. The fraction of sp³-hybridized carbons (Fsp3) is 0.571. The molecule has 2 unspecified atom stereocenters. The van der Waals surface area contributed by atoms with E-state index in [0.29, 0.717) is 0 Å². The summed E-state index contributed by atoms with van der Waals surface area (Å²) in [5.74, 6) is 1.23. The zero-order valence-corrected chi connectivity index (χ0v) is 14.3. The third-order valence-electron chi connectivity index (χ3n) is 3.44. The van der Waals surface area contributed by atoms with Gasteiger partial charge >= 0.3 is 0 Å². The average molecular weight is 364 g/mol. The number of halogens is 2. The minimum atomic E-state index is 0.0190. The zero-order valence-electron chi connectivity index (χ0n) is 11.1. The van der Waals surface area contributed by atoms with Gasteiger partial charge < -0.3 is 10.6 Å². The Morgan fingerprint density at radius 3 is 3.05 bits per heavy atom. The van der Waals surface area contributed by atoms with Gasteiger partial charge in [-0.25, -0.2) is 0 Å². The highest BCUT2D eigenvalue weighted by Crippen LogP contribution is 2.27. The van der Waals surface area contributed by atoms with E-state index in [1.165, 1.54) is 18.8 Å². The van der Waals surface area contributed by atoms with E-state index >= 15 is 0 Å². The molecule has 0 saturated carbocycles. The van der Waals surface area contributed by atoms with Gasteiger partial charge in [0.1, 0.15) is 0 Å². The summed E-state index contributed by atoms with van der Waals surface area (Å²) in [5, 5.41) is 1.49. The fourth-order valence-electron chi connectivity index (χ4n) is 2.37. The summed E-state index contributed by atoms with van der Waals surface area (Å²) >= 11 is 11.7. The first-order valence-corrected chi connectivity index (χ1v) is 8.82. The monoisotopic (exact) mass is 362 g/mol. The van der Waals surface area contributed by atoms with Gasteiger partial charge in [0, 0.05) is 46.2 Å². The third-order valence-corrected chi connectivity index (χ3v) is 5.40. The number of rotatable bonds is 4. The van der Waals surface area contributed by atoms with E-state index in [0.717, 1.165) is 33.3 Å². The van der Waals surface area contributed by atoms with Gasteiger partial charge in [0.2, 0.25) is 0 Å². The van der Waals surface area contributed by atoms with Crippen LogP contribution in [0.5, 0.6) is 0 Å². The van der Waals surface area contributed by atoms with Crippen molar-refractivity contribution in [3.05, 3.63) is 33.3 Å². The van der Waals surface area contributed by atoms with E-state index < -0.39 is 0 Å². The molecule has 5 heteroatoms. The highest BCUT2D eigenvalue weighted by atomic mass is 79.9. The zero-order chi connectivity index (χ0) is 13.8. The van der Waals surface area contributed by atoms with Crippen LogP contribution in [-0.2, 0) is 0 Å². The van der Waals surface area contributed by atoms with Gasteiger partial charge in [-0.05, 0) is 24.1 Å². The van der Waals surface area contributed by atoms with Crippen molar-refractivity contribution in [3.8, 4) is 0 Å². The van der Waals surface area contributed by atoms with E-state index in [1.807, 2.05) is 18.2 Å². The Labute approximate surface area is 133 Å². The van der Waals surface area contributed by atoms with E-state index in [2.05, 4.69) is 39.5 Å². The van der Waals surface area contributed by atoms with Crippen LogP contribution < -0.4 is 5.73 Å². The Morgan fingerprint density at radius 2 is 2.37 bits per heavy atom. The van der Waals surface area contributed by atoms with Crippen LogP contribution >= 0.6 is 39.3 Å². The quantitative estimate of drug-likeness (QED) is 0.879. The SMILES string of the molecule is CC1CN(CCC(N)c2ccc(Br)cc2Cl)CCS1. The summed E-state index contributed by atoms with van der Waals surface area (Å²) in [6.07, 6.45) is 0.957. The van der Waals surface area contributed by atoms with Crippen LogP contribution in [0.15, 0.2) is 22.7 Å². The molecule has 106 valence electrons. The van der Waals surface area contributed by atoms with Crippen LogP contribution in [0, 0.1) is 0 Å². The maximum Gasteiger partial charge on any atom is 0.0464 e. The standard InChI is InChI=1S/C14H20BrClN2S/c1-10-9-18(6-7-19-10)5-4-14(17)12-3-2-11(15)8-13(12)16/h2-3,8,10,14H,4-7,9,17H2,1H3. The van der Waals surface area contributed by atoms with Crippen LogP contribution in [-0.4, -0.2) is 35.5 Å². The lowest BCUT2D eigenvalue weighted by Gasteiger charge is -2.31. The van der Waals surface area contributed by atoms with E-state index in [9.17, 15) is 0 Å². The van der Waals surface area contributed by atoms with Gasteiger partial charge in [-0.15, -0.1) is 0 Å². The van der Waals surface area contributed by atoms with E-state index in [1.54, 1.807) is 0 Å². The molecule has 19 heavy (non-hydrogen) atoms. The van der Waals surface area contributed by atoms with Crippen LogP contribution in [0.2, 0.25) is 5.02 Å². The van der Waals surface area contributed by atoms with Crippen molar-refractivity contribution in [1.29, 1.82) is 0 Å². The van der Waals surface area contributed by atoms with Crippen LogP contribution in [0.25, 0.3) is 0 Å². The minimum absolute atomic E-state index is 0.0190. The van der Waals surface area contributed by atoms with E-state index in [4.69, 9.17) is 17.3 Å². The summed E-state index contributed by atoms with van der Waals surface area (Å²) in [6, 6.07) is 5.95. The number of thioether (sulfide) groups is 1. The first-order chi connectivity index (χ1) is 9.06. The number of hydrogen-bond donors (Lipinski definition) is 1. The fourth-order valence-corrected chi connectivity index (χ4v) is 4.27. The minimum Gasteiger partial charge on any atom is -0.324 e. The molecule has 2 atom stereocenters. The van der Waals surface area contributed by atoms with Gasteiger partial charge in [0.05, 0.1) is 0 Å². The van der Waals surface area contributed by atoms with E-state index in [-0.39, 0.29) is 6.04 Å². The summed E-state index contributed by atoms with van der Waals surface area (Å²) in [7, 11) is 0. The highest BCUT2D eigenvalue weighted by molar-refractivity contribution is 9.10. The molecule has 0 bridgehead atoms. The Bertz CT molecular complexity index is 430. The Morgan fingerprint density at radius 1 is 1.58 bits per heavy atom. The lowest BCUT2D eigenvalue weighted by atomic mass is 10.0. The first kappa shape index (κ1) is 15.6. The Hall–Kier alpha value is 0.260. The number of nitrogens with two attached hydrogens (primary N) is 1. The maximum absolute atomic E-state index is 6.27. The molecule has 1 fully saturated rings. The largest absolute Gasteiger partial charge is 0.324 e. The second kappa shape index (κ2) is 7.32. The van der Waals surface area contributed by atoms with Gasteiger partial charge in [-0.3, -0.25) is 0 Å². The molecule has 0 spiro atoms. The lowest BCUT2D eigenvalue weighted by molar-refractivity contribution is 0.275. The molecule has 2 nitrogen and oxygen atoms in total. The molecule has 0 aromatic heterocycles. The van der Waals surface area contributed by atoms with Gasteiger partial charge in [0.25, 0.3) is 0 Å². The molecule has 1 aromatic rings. The van der Waals surface area contributed by atoms with Crippen molar-refractivity contribution < 1.29 is 0 Å². The molecule has 1 heterocycles. The van der Waals surface area contributed by atoms with Crippen molar-refractivity contribution in [2.24, 2.45) is 5.73 Å². The third kappa shape index (κ3) is 4.64. The normalized spacial score (nSPS) is 22.4. The van der Waals surface area contributed by atoms with Crippen molar-refractivity contribution in [2.45, 2.75) is 24.6 Å². The predicted octanol–water partition coefficient (Wildman–Crippen LogP) is 3.93. The molecule has 1 aliphatic rings. The maximum atomic E-state index is 6.27. The molecule has 1 aliphatic heterocycles. The van der Waals surface area contributed by atoms with Crippen molar-refractivity contribution in [3.63, 3.8) is 0 Å². The topological polar surface area (TPSA) is 29.3 Å². The summed E-state index contributed by atoms with van der Waals surface area (Å²) in [5.41, 5.74) is 7.31. The Kier molecular flexibility index (Phi) is 6.03. The van der Waals surface area contributed by atoms with Gasteiger partial charge in [0.15, 0.2) is 0 Å². The summed E-state index contributed by atoms with van der Waals surface area (Å²) < 4.78 is 0.996. The smallest absolute Gasteiger partial charge is 0.0464 e. The molecular weight excluding hydrogens is 344 g/mol. The Balaban J connectivity index is 1.88. The number of nitrogens with zero attached hydrogens (tertiary/aromatic N) is 1. The molecular formula is C14H20BrClN2S.